The standard InChI is InChI=1S/C14H13N3O3/c1-8-16-12-6-15-11-4-3-9(20-7-13(18)19)5-10(11)14(12)17(8)2/h3-6H,7H2,1-2H3,(H,18,19). The highest BCUT2D eigenvalue weighted by molar-refractivity contribution is 6.02. The molecule has 0 radical (unpaired) electrons. The molecule has 0 aliphatic heterocycles. The smallest absolute Gasteiger partial charge is 0.341 e. The van der Waals surface area contributed by atoms with E-state index < -0.39 is 5.97 Å². The number of carboxylic acid groups (broad SMARTS) is 1. The number of nitrogens with zero attached hydrogens (tertiary/aromatic N) is 3. The highest BCUT2D eigenvalue weighted by Crippen LogP contribution is 2.27. The molecule has 0 aliphatic carbocycles. The molecule has 0 amide bonds. The maximum atomic E-state index is 10.6. The van der Waals surface area contributed by atoms with Crippen LogP contribution in [0.3, 0.4) is 0 Å². The van der Waals surface area contributed by atoms with Crippen molar-refractivity contribution in [3.8, 4) is 5.75 Å². The molecule has 0 spiro atoms. The number of carboxylic acids is 1. The minimum atomic E-state index is -1.00. The van der Waals surface area contributed by atoms with E-state index in [1.54, 1.807) is 18.3 Å². The van der Waals surface area contributed by atoms with Crippen LogP contribution < -0.4 is 4.74 Å². The molecular formula is C14H13N3O3. The van der Waals surface area contributed by atoms with E-state index in [1.807, 2.05) is 24.6 Å². The summed E-state index contributed by atoms with van der Waals surface area (Å²) in [5.41, 5.74) is 2.60. The van der Waals surface area contributed by atoms with Crippen molar-refractivity contribution in [2.75, 3.05) is 6.61 Å². The summed E-state index contributed by atoms with van der Waals surface area (Å²) in [6.07, 6.45) is 1.74. The fourth-order valence-electron chi connectivity index (χ4n) is 2.23. The van der Waals surface area contributed by atoms with E-state index in [2.05, 4.69) is 9.97 Å². The van der Waals surface area contributed by atoms with Gasteiger partial charge in [-0.3, -0.25) is 4.98 Å². The molecule has 0 unspecified atom stereocenters. The van der Waals surface area contributed by atoms with E-state index in [0.29, 0.717) is 5.75 Å². The predicted octanol–water partition coefficient (Wildman–Crippen LogP) is 1.89. The van der Waals surface area contributed by atoms with Gasteiger partial charge in [0.1, 0.15) is 17.1 Å². The predicted molar refractivity (Wildman–Crippen MR) is 73.9 cm³/mol. The topological polar surface area (TPSA) is 77.2 Å². The first-order valence-corrected chi connectivity index (χ1v) is 6.12. The summed E-state index contributed by atoms with van der Waals surface area (Å²) in [6, 6.07) is 5.33. The van der Waals surface area contributed by atoms with Gasteiger partial charge in [0, 0.05) is 12.4 Å². The van der Waals surface area contributed by atoms with Crippen LogP contribution in [0.15, 0.2) is 24.4 Å². The molecule has 0 saturated carbocycles. The largest absolute Gasteiger partial charge is 0.482 e. The summed E-state index contributed by atoms with van der Waals surface area (Å²) in [6.45, 7) is 1.57. The summed E-state index contributed by atoms with van der Waals surface area (Å²) in [5, 5.41) is 9.55. The molecule has 2 aromatic heterocycles. The second kappa shape index (κ2) is 4.48. The van der Waals surface area contributed by atoms with Gasteiger partial charge < -0.3 is 14.4 Å². The van der Waals surface area contributed by atoms with Crippen molar-refractivity contribution in [3.63, 3.8) is 0 Å². The van der Waals surface area contributed by atoms with Crippen LogP contribution in [0, 0.1) is 6.92 Å². The number of fused-ring (bicyclic) bond motifs is 3. The van der Waals surface area contributed by atoms with Gasteiger partial charge in [0.15, 0.2) is 6.61 Å². The molecule has 2 heterocycles. The first kappa shape index (κ1) is 12.4. The van der Waals surface area contributed by atoms with Crippen molar-refractivity contribution in [1.82, 2.24) is 14.5 Å². The Morgan fingerprint density at radius 2 is 2.20 bits per heavy atom. The zero-order valence-electron chi connectivity index (χ0n) is 11.1. The van der Waals surface area contributed by atoms with Crippen molar-refractivity contribution in [2.45, 2.75) is 6.92 Å². The van der Waals surface area contributed by atoms with Crippen LogP contribution in [0.25, 0.3) is 21.9 Å². The molecule has 6 nitrogen and oxygen atoms in total. The minimum Gasteiger partial charge on any atom is -0.482 e. The van der Waals surface area contributed by atoms with Crippen LogP contribution >= 0.6 is 0 Å². The average Bonchev–Trinajstić information content (AvgIpc) is 2.72. The van der Waals surface area contributed by atoms with Gasteiger partial charge in [-0.2, -0.15) is 0 Å². The first-order valence-electron chi connectivity index (χ1n) is 6.12. The Labute approximate surface area is 114 Å². The molecule has 102 valence electrons. The number of carbonyl (C=O) groups is 1. The van der Waals surface area contributed by atoms with Gasteiger partial charge in [0.25, 0.3) is 0 Å². The number of pyridine rings is 1. The third-order valence-electron chi connectivity index (χ3n) is 3.26. The Balaban J connectivity index is 2.20. The fourth-order valence-corrected chi connectivity index (χ4v) is 2.23. The van der Waals surface area contributed by atoms with Crippen molar-refractivity contribution in [1.29, 1.82) is 0 Å². The molecular weight excluding hydrogens is 258 g/mol. The second-order valence-corrected chi connectivity index (χ2v) is 4.57. The molecule has 1 N–H and O–H groups in total. The van der Waals surface area contributed by atoms with Gasteiger partial charge in [0.05, 0.1) is 17.2 Å². The molecule has 0 bridgehead atoms. The molecule has 0 fully saturated rings. The van der Waals surface area contributed by atoms with Gasteiger partial charge in [-0.1, -0.05) is 0 Å². The number of hydrogen-bond acceptors (Lipinski definition) is 4. The highest BCUT2D eigenvalue weighted by Gasteiger charge is 2.10. The normalized spacial score (nSPS) is 11.1. The lowest BCUT2D eigenvalue weighted by Crippen LogP contribution is -2.09. The zero-order chi connectivity index (χ0) is 14.3. The summed E-state index contributed by atoms with van der Waals surface area (Å²) in [4.78, 5) is 19.3. The summed E-state index contributed by atoms with van der Waals surface area (Å²) >= 11 is 0. The number of aromatic nitrogens is 3. The second-order valence-electron chi connectivity index (χ2n) is 4.57. The molecule has 6 heteroatoms. The molecule has 1 aromatic carbocycles. The van der Waals surface area contributed by atoms with Crippen LogP contribution in [0.1, 0.15) is 5.82 Å². The van der Waals surface area contributed by atoms with Crippen LogP contribution in [0.2, 0.25) is 0 Å². The lowest BCUT2D eigenvalue weighted by molar-refractivity contribution is -0.139. The Morgan fingerprint density at radius 3 is 2.95 bits per heavy atom. The molecule has 0 atom stereocenters. The number of rotatable bonds is 3. The van der Waals surface area contributed by atoms with Gasteiger partial charge in [-0.25, -0.2) is 9.78 Å². The van der Waals surface area contributed by atoms with Gasteiger partial charge in [-0.05, 0) is 25.1 Å². The molecule has 0 saturated heterocycles. The quantitative estimate of drug-likeness (QED) is 0.787. The number of aryl methyl sites for hydroxylation is 2. The maximum absolute atomic E-state index is 10.6. The SMILES string of the molecule is Cc1nc2cnc3ccc(OCC(=O)O)cc3c2n1C. The Bertz CT molecular complexity index is 823. The van der Waals surface area contributed by atoms with E-state index in [4.69, 9.17) is 9.84 Å². The Hall–Kier alpha value is -2.63. The van der Waals surface area contributed by atoms with E-state index in [1.165, 1.54) is 0 Å². The van der Waals surface area contributed by atoms with Gasteiger partial charge in [0.2, 0.25) is 0 Å². The van der Waals surface area contributed by atoms with Crippen LogP contribution in [-0.2, 0) is 11.8 Å². The number of aliphatic carboxylic acids is 1. The lowest BCUT2D eigenvalue weighted by Gasteiger charge is -2.06. The molecule has 20 heavy (non-hydrogen) atoms. The van der Waals surface area contributed by atoms with E-state index in [9.17, 15) is 4.79 Å². The van der Waals surface area contributed by atoms with Crippen molar-refractivity contribution in [3.05, 3.63) is 30.2 Å². The van der Waals surface area contributed by atoms with Gasteiger partial charge >= 0.3 is 5.97 Å². The van der Waals surface area contributed by atoms with Crippen molar-refractivity contribution >= 4 is 27.9 Å². The number of ether oxygens (including phenoxy) is 1. The monoisotopic (exact) mass is 271 g/mol. The molecule has 3 aromatic rings. The number of hydrogen-bond donors (Lipinski definition) is 1. The third kappa shape index (κ3) is 1.95. The molecule has 0 aliphatic rings. The summed E-state index contributed by atoms with van der Waals surface area (Å²) in [5.74, 6) is 0.400. The summed E-state index contributed by atoms with van der Waals surface area (Å²) < 4.78 is 7.20. The highest BCUT2D eigenvalue weighted by atomic mass is 16.5. The van der Waals surface area contributed by atoms with Crippen LogP contribution in [0.4, 0.5) is 0 Å². The van der Waals surface area contributed by atoms with E-state index >= 15 is 0 Å². The summed E-state index contributed by atoms with van der Waals surface area (Å²) in [7, 11) is 1.94. The Kier molecular flexibility index (Phi) is 2.78. The van der Waals surface area contributed by atoms with Crippen molar-refractivity contribution in [2.24, 2.45) is 7.05 Å². The zero-order valence-corrected chi connectivity index (χ0v) is 11.1. The first-order chi connectivity index (χ1) is 9.56. The fraction of sp³-hybridized carbons (Fsp3) is 0.214. The van der Waals surface area contributed by atoms with Crippen LogP contribution in [0.5, 0.6) is 5.75 Å². The lowest BCUT2D eigenvalue weighted by atomic mass is 10.2. The van der Waals surface area contributed by atoms with Crippen LogP contribution in [-0.4, -0.2) is 32.2 Å². The Morgan fingerprint density at radius 1 is 1.40 bits per heavy atom. The molecule has 3 rings (SSSR count). The van der Waals surface area contributed by atoms with E-state index in [0.717, 1.165) is 27.8 Å². The third-order valence-corrected chi connectivity index (χ3v) is 3.26. The maximum Gasteiger partial charge on any atom is 0.341 e. The average molecular weight is 271 g/mol. The van der Waals surface area contributed by atoms with Crippen molar-refractivity contribution < 1.29 is 14.6 Å². The van der Waals surface area contributed by atoms with E-state index in [-0.39, 0.29) is 6.61 Å². The number of imidazole rings is 1. The minimum absolute atomic E-state index is 0.362. The van der Waals surface area contributed by atoms with Gasteiger partial charge in [-0.15, -0.1) is 0 Å². The number of benzene rings is 1.